The second kappa shape index (κ2) is 11.7. The fourth-order valence-electron chi connectivity index (χ4n) is 2.82. The van der Waals surface area contributed by atoms with Crippen molar-refractivity contribution in [3.63, 3.8) is 0 Å². The standard InChI is InChI=1S/C19H22FN3O2.2ClH/c20-16-2-4-17(5-3-16)25-19-11-15(8-10-22-19)13-23-18(24)6-1-14-7-9-21-12-14;;/h2-5,8,10-11,14,21H,1,6-7,9,12-13H2,(H,23,24);2*1H. The van der Waals surface area contributed by atoms with Crippen LogP contribution in [-0.2, 0) is 11.3 Å². The van der Waals surface area contributed by atoms with Crippen LogP contribution in [0.1, 0.15) is 24.8 Å². The number of aromatic nitrogens is 1. The molecular weight excluding hydrogens is 392 g/mol. The van der Waals surface area contributed by atoms with Crippen molar-refractivity contribution in [1.29, 1.82) is 0 Å². The Labute approximate surface area is 170 Å². The van der Waals surface area contributed by atoms with Crippen molar-refractivity contribution in [2.75, 3.05) is 13.1 Å². The van der Waals surface area contributed by atoms with Gasteiger partial charge < -0.3 is 15.4 Å². The molecule has 1 saturated heterocycles. The third-order valence-electron chi connectivity index (χ3n) is 4.27. The minimum Gasteiger partial charge on any atom is -0.439 e. The van der Waals surface area contributed by atoms with Crippen molar-refractivity contribution >= 4 is 30.7 Å². The molecule has 27 heavy (non-hydrogen) atoms. The van der Waals surface area contributed by atoms with E-state index in [0.717, 1.165) is 31.5 Å². The Kier molecular flexibility index (Phi) is 10.1. The molecule has 1 aromatic heterocycles. The number of amides is 1. The minimum absolute atomic E-state index is 0. The van der Waals surface area contributed by atoms with Crippen LogP contribution in [0.15, 0.2) is 42.6 Å². The fourth-order valence-corrected chi connectivity index (χ4v) is 2.82. The molecule has 0 saturated carbocycles. The maximum atomic E-state index is 12.9. The van der Waals surface area contributed by atoms with Gasteiger partial charge in [-0.05, 0) is 67.7 Å². The largest absolute Gasteiger partial charge is 0.439 e. The number of carbonyl (C=O) groups is 1. The number of nitrogens with one attached hydrogen (secondary N) is 2. The van der Waals surface area contributed by atoms with Gasteiger partial charge in [-0.2, -0.15) is 0 Å². The Hall–Kier alpha value is -1.89. The first-order chi connectivity index (χ1) is 12.2. The van der Waals surface area contributed by atoms with Gasteiger partial charge in [-0.15, -0.1) is 24.8 Å². The summed E-state index contributed by atoms with van der Waals surface area (Å²) in [5.74, 6) is 1.29. The number of carbonyl (C=O) groups excluding carboxylic acids is 1. The Morgan fingerprint density at radius 3 is 2.74 bits per heavy atom. The zero-order valence-corrected chi connectivity index (χ0v) is 16.5. The molecule has 0 spiro atoms. The summed E-state index contributed by atoms with van der Waals surface area (Å²) in [5, 5.41) is 6.24. The molecule has 0 bridgehead atoms. The molecule has 1 atom stereocenters. The molecular formula is C19H24Cl2FN3O2. The number of benzene rings is 1. The highest BCUT2D eigenvalue weighted by atomic mass is 35.5. The average Bonchev–Trinajstić information content (AvgIpc) is 3.14. The van der Waals surface area contributed by atoms with Crippen molar-refractivity contribution in [2.24, 2.45) is 5.92 Å². The van der Waals surface area contributed by atoms with Crippen molar-refractivity contribution in [1.82, 2.24) is 15.6 Å². The molecule has 5 nitrogen and oxygen atoms in total. The molecule has 0 aliphatic carbocycles. The van der Waals surface area contributed by atoms with E-state index in [-0.39, 0.29) is 36.5 Å². The normalized spacial score (nSPS) is 15.4. The SMILES string of the molecule is Cl.Cl.O=C(CCC1CCNC1)NCc1ccnc(Oc2ccc(F)cc2)c1. The Bertz CT molecular complexity index is 710. The van der Waals surface area contributed by atoms with Crippen molar-refractivity contribution < 1.29 is 13.9 Å². The lowest BCUT2D eigenvalue weighted by atomic mass is 10.0. The molecule has 1 unspecified atom stereocenters. The fraction of sp³-hybridized carbons (Fsp3) is 0.368. The number of ether oxygens (including phenoxy) is 1. The quantitative estimate of drug-likeness (QED) is 0.720. The summed E-state index contributed by atoms with van der Waals surface area (Å²) in [7, 11) is 0. The number of halogens is 3. The van der Waals surface area contributed by atoms with Gasteiger partial charge in [0, 0.05) is 25.2 Å². The van der Waals surface area contributed by atoms with E-state index >= 15 is 0 Å². The molecule has 1 aliphatic rings. The molecule has 1 amide bonds. The van der Waals surface area contributed by atoms with Gasteiger partial charge in [-0.3, -0.25) is 4.79 Å². The molecule has 1 aromatic carbocycles. The van der Waals surface area contributed by atoms with E-state index in [4.69, 9.17) is 4.74 Å². The van der Waals surface area contributed by atoms with Gasteiger partial charge in [0.05, 0.1) is 0 Å². The van der Waals surface area contributed by atoms with Crippen LogP contribution >= 0.6 is 24.8 Å². The lowest BCUT2D eigenvalue weighted by Crippen LogP contribution is -2.23. The maximum Gasteiger partial charge on any atom is 0.220 e. The summed E-state index contributed by atoms with van der Waals surface area (Å²) in [4.78, 5) is 16.1. The molecule has 148 valence electrons. The zero-order valence-electron chi connectivity index (χ0n) is 14.8. The second-order valence-electron chi connectivity index (χ2n) is 6.23. The monoisotopic (exact) mass is 415 g/mol. The van der Waals surface area contributed by atoms with E-state index < -0.39 is 0 Å². The molecule has 2 N–H and O–H groups in total. The number of hydrogen-bond acceptors (Lipinski definition) is 4. The Balaban J connectivity index is 0.00000182. The third-order valence-corrected chi connectivity index (χ3v) is 4.27. The van der Waals surface area contributed by atoms with Crippen molar-refractivity contribution in [2.45, 2.75) is 25.8 Å². The molecule has 1 aliphatic heterocycles. The summed E-state index contributed by atoms with van der Waals surface area (Å²) in [6.07, 6.45) is 4.26. The van der Waals surface area contributed by atoms with Gasteiger partial charge in [0.1, 0.15) is 11.6 Å². The zero-order chi connectivity index (χ0) is 17.5. The van der Waals surface area contributed by atoms with Crippen LogP contribution in [0.2, 0.25) is 0 Å². The number of pyridine rings is 1. The highest BCUT2D eigenvalue weighted by Crippen LogP contribution is 2.20. The van der Waals surface area contributed by atoms with E-state index in [0.29, 0.717) is 30.5 Å². The number of rotatable bonds is 7. The maximum absolute atomic E-state index is 12.9. The molecule has 8 heteroatoms. The summed E-state index contributed by atoms with van der Waals surface area (Å²) >= 11 is 0. The molecule has 2 aromatic rings. The summed E-state index contributed by atoms with van der Waals surface area (Å²) in [5.41, 5.74) is 0.906. The highest BCUT2D eigenvalue weighted by Gasteiger charge is 2.15. The number of nitrogens with zero attached hydrogens (tertiary/aromatic N) is 1. The van der Waals surface area contributed by atoms with Crippen LogP contribution in [0.4, 0.5) is 4.39 Å². The van der Waals surface area contributed by atoms with Gasteiger partial charge in [0.15, 0.2) is 0 Å². The predicted octanol–water partition coefficient (Wildman–Crippen LogP) is 3.86. The molecule has 0 radical (unpaired) electrons. The topological polar surface area (TPSA) is 63.2 Å². The van der Waals surface area contributed by atoms with E-state index in [9.17, 15) is 9.18 Å². The van der Waals surface area contributed by atoms with Crippen LogP contribution in [0.3, 0.4) is 0 Å². The average molecular weight is 416 g/mol. The van der Waals surface area contributed by atoms with Crippen LogP contribution < -0.4 is 15.4 Å². The number of hydrogen-bond donors (Lipinski definition) is 2. The highest BCUT2D eigenvalue weighted by molar-refractivity contribution is 5.85. The first-order valence-electron chi connectivity index (χ1n) is 8.55. The van der Waals surface area contributed by atoms with Crippen molar-refractivity contribution in [3.05, 3.63) is 54.0 Å². The van der Waals surface area contributed by atoms with Crippen LogP contribution in [0, 0.1) is 11.7 Å². The molecule has 3 rings (SSSR count). The van der Waals surface area contributed by atoms with Crippen LogP contribution in [-0.4, -0.2) is 24.0 Å². The Morgan fingerprint density at radius 1 is 1.26 bits per heavy atom. The van der Waals surface area contributed by atoms with E-state index in [1.165, 1.54) is 12.1 Å². The van der Waals surface area contributed by atoms with Gasteiger partial charge >= 0.3 is 0 Å². The molecule has 2 heterocycles. The predicted molar refractivity (Wildman–Crippen MR) is 107 cm³/mol. The summed E-state index contributed by atoms with van der Waals surface area (Å²) < 4.78 is 18.5. The van der Waals surface area contributed by atoms with E-state index in [2.05, 4.69) is 15.6 Å². The van der Waals surface area contributed by atoms with Crippen LogP contribution in [0.5, 0.6) is 11.6 Å². The minimum atomic E-state index is -0.315. The van der Waals surface area contributed by atoms with E-state index in [1.807, 2.05) is 6.07 Å². The Morgan fingerprint density at radius 2 is 2.04 bits per heavy atom. The molecule has 1 fully saturated rings. The van der Waals surface area contributed by atoms with Gasteiger partial charge in [-0.1, -0.05) is 0 Å². The van der Waals surface area contributed by atoms with E-state index in [1.54, 1.807) is 24.4 Å². The first-order valence-corrected chi connectivity index (χ1v) is 8.55. The smallest absolute Gasteiger partial charge is 0.220 e. The second-order valence-corrected chi connectivity index (χ2v) is 6.23. The van der Waals surface area contributed by atoms with Crippen molar-refractivity contribution in [3.8, 4) is 11.6 Å². The first kappa shape index (κ1) is 23.1. The third kappa shape index (κ3) is 7.71. The van der Waals surface area contributed by atoms with Gasteiger partial charge in [0.25, 0.3) is 0 Å². The van der Waals surface area contributed by atoms with Crippen LogP contribution in [0.25, 0.3) is 0 Å². The summed E-state index contributed by atoms with van der Waals surface area (Å²) in [6, 6.07) is 9.36. The lowest BCUT2D eigenvalue weighted by molar-refractivity contribution is -0.121. The summed E-state index contributed by atoms with van der Waals surface area (Å²) in [6.45, 7) is 2.51. The van der Waals surface area contributed by atoms with Gasteiger partial charge in [0.2, 0.25) is 11.8 Å². The lowest BCUT2D eigenvalue weighted by Gasteiger charge is -2.10. The van der Waals surface area contributed by atoms with Gasteiger partial charge in [-0.25, -0.2) is 9.37 Å².